The van der Waals surface area contributed by atoms with E-state index in [1.807, 2.05) is 0 Å². The van der Waals surface area contributed by atoms with Crippen molar-refractivity contribution in [2.24, 2.45) is 22.7 Å². The van der Waals surface area contributed by atoms with Gasteiger partial charge in [-0.05, 0) is 76.1 Å². The Morgan fingerprint density at radius 1 is 1.33 bits per heavy atom. The van der Waals surface area contributed by atoms with Gasteiger partial charge in [-0.3, -0.25) is 4.79 Å². The average molecular weight is 466 g/mol. The van der Waals surface area contributed by atoms with Crippen molar-refractivity contribution < 1.29 is 14.3 Å². The number of nitrogens with zero attached hydrogens (tertiary/aromatic N) is 1. The first-order valence-electron chi connectivity index (χ1n) is 10.7. The van der Waals surface area contributed by atoms with Gasteiger partial charge in [-0.1, -0.05) is 53.4 Å². The van der Waals surface area contributed by atoms with Crippen LogP contribution in [0.2, 0.25) is 13.1 Å². The summed E-state index contributed by atoms with van der Waals surface area (Å²) in [6.45, 7) is 7.88. The molecule has 0 spiro atoms. The van der Waals surface area contributed by atoms with E-state index < -0.39 is 23.3 Å². The van der Waals surface area contributed by atoms with E-state index >= 15 is 0 Å². The first-order chi connectivity index (χ1) is 13.8. The zero-order valence-corrected chi connectivity index (χ0v) is 20.5. The second kappa shape index (κ2) is 6.72. The van der Waals surface area contributed by atoms with Crippen molar-refractivity contribution in [1.29, 1.82) is 5.26 Å². The molecule has 0 amide bonds. The summed E-state index contributed by atoms with van der Waals surface area (Å²) in [4.78, 5) is 11.9. The van der Waals surface area contributed by atoms with Crippen LogP contribution in [0.3, 0.4) is 0 Å². The molecule has 30 heavy (non-hydrogen) atoms. The number of hydrogen-bond acceptors (Lipinski definition) is 4. The van der Waals surface area contributed by atoms with Gasteiger partial charge in [-0.2, -0.15) is 5.26 Å². The number of fused-ring (bicyclic) bond motifs is 5. The lowest BCUT2D eigenvalue weighted by molar-refractivity contribution is -0.110. The van der Waals surface area contributed by atoms with Crippen molar-refractivity contribution in [1.82, 2.24) is 0 Å². The van der Waals surface area contributed by atoms with Crippen LogP contribution >= 0.6 is 23.2 Å². The minimum Gasteiger partial charge on any atom is -0.479 e. The largest absolute Gasteiger partial charge is 0.479 e. The third-order valence-corrected chi connectivity index (χ3v) is 14.6. The number of rotatable bonds is 3. The molecular weight excluding hydrogens is 437 g/mol. The van der Waals surface area contributed by atoms with Crippen LogP contribution < -0.4 is 0 Å². The Morgan fingerprint density at radius 2 is 2.03 bits per heavy atom. The molecule has 2 unspecified atom stereocenters. The summed E-state index contributed by atoms with van der Waals surface area (Å²) >= 11 is 13.8. The van der Waals surface area contributed by atoms with Crippen molar-refractivity contribution in [3.05, 3.63) is 35.5 Å². The molecule has 2 fully saturated rings. The summed E-state index contributed by atoms with van der Waals surface area (Å²) in [5.74, 6) is 0.607. The minimum absolute atomic E-state index is 0.0659. The smallest absolute Gasteiger partial charge is 0.300 e. The molecule has 0 aromatic rings. The molecule has 1 N–H and O–H groups in total. The van der Waals surface area contributed by atoms with E-state index in [1.54, 1.807) is 31.5 Å². The number of alkyl halides is 2. The molecule has 5 atom stereocenters. The SMILES string of the molecule is C[C@]12C=CC(=O)C=C1CCC1C2=CC[C@@]2(C)C1CC[C@]2(O)C(Cl)(Cl)[Si](C)(C)OC#N. The van der Waals surface area contributed by atoms with E-state index in [2.05, 4.69) is 26.0 Å². The molecule has 2 saturated carbocycles. The van der Waals surface area contributed by atoms with Crippen molar-refractivity contribution >= 4 is 37.3 Å². The van der Waals surface area contributed by atoms with Gasteiger partial charge in [-0.25, -0.2) is 0 Å². The fourth-order valence-corrected chi connectivity index (χ4v) is 9.34. The number of allylic oxidation sites excluding steroid dienone is 6. The molecule has 4 aliphatic rings. The molecule has 4 aliphatic carbocycles. The number of ketones is 1. The Morgan fingerprint density at radius 3 is 2.70 bits per heavy atom. The lowest BCUT2D eigenvalue weighted by atomic mass is 9.52. The predicted octanol–water partition coefficient (Wildman–Crippen LogP) is 5.36. The van der Waals surface area contributed by atoms with Gasteiger partial charge in [0.1, 0.15) is 5.60 Å². The fraction of sp³-hybridized carbons (Fsp3) is 0.652. The molecule has 0 aromatic carbocycles. The second-order valence-corrected chi connectivity index (χ2v) is 16.3. The van der Waals surface area contributed by atoms with Gasteiger partial charge in [0, 0.05) is 10.8 Å². The maximum Gasteiger partial charge on any atom is 0.300 e. The van der Waals surface area contributed by atoms with Crippen LogP contribution in [0.25, 0.3) is 0 Å². The number of carbonyl (C=O) groups excluding carboxylic acids is 1. The summed E-state index contributed by atoms with van der Waals surface area (Å²) in [7, 11) is -2.94. The lowest BCUT2D eigenvalue weighted by Gasteiger charge is -2.57. The Kier molecular flexibility index (Phi) is 4.96. The van der Waals surface area contributed by atoms with E-state index in [0.29, 0.717) is 18.8 Å². The maximum atomic E-state index is 12.0. The van der Waals surface area contributed by atoms with Crippen LogP contribution in [0.15, 0.2) is 35.5 Å². The van der Waals surface area contributed by atoms with Gasteiger partial charge in [0.15, 0.2) is 9.74 Å². The van der Waals surface area contributed by atoms with Crippen LogP contribution in [0, 0.1) is 34.2 Å². The van der Waals surface area contributed by atoms with Gasteiger partial charge in [0.05, 0.1) is 0 Å². The van der Waals surface area contributed by atoms with E-state index in [1.165, 1.54) is 11.1 Å². The molecule has 0 radical (unpaired) electrons. The maximum absolute atomic E-state index is 12.0. The van der Waals surface area contributed by atoms with E-state index in [4.69, 9.17) is 32.9 Å². The third kappa shape index (κ3) is 2.63. The van der Waals surface area contributed by atoms with Crippen LogP contribution in [-0.2, 0) is 9.22 Å². The van der Waals surface area contributed by atoms with Crippen LogP contribution in [0.4, 0.5) is 0 Å². The summed E-state index contributed by atoms with van der Waals surface area (Å²) < 4.78 is 3.83. The molecule has 0 bridgehead atoms. The molecule has 4 rings (SSSR count). The zero-order chi connectivity index (χ0) is 22.2. The van der Waals surface area contributed by atoms with E-state index in [-0.39, 0.29) is 17.1 Å². The van der Waals surface area contributed by atoms with E-state index in [0.717, 1.165) is 19.3 Å². The first kappa shape index (κ1) is 22.1. The summed E-state index contributed by atoms with van der Waals surface area (Å²) in [5, 5.41) is 21.2. The summed E-state index contributed by atoms with van der Waals surface area (Å²) in [5.41, 5.74) is 0.456. The Bertz CT molecular complexity index is 933. The van der Waals surface area contributed by atoms with Crippen LogP contribution in [-0.4, -0.2) is 28.8 Å². The monoisotopic (exact) mass is 465 g/mol. The Balaban J connectivity index is 1.76. The number of carbonyl (C=O) groups is 1. The van der Waals surface area contributed by atoms with Gasteiger partial charge < -0.3 is 9.53 Å². The van der Waals surface area contributed by atoms with Gasteiger partial charge in [0.2, 0.25) is 0 Å². The molecule has 7 heteroatoms. The van der Waals surface area contributed by atoms with E-state index in [9.17, 15) is 9.90 Å². The van der Waals surface area contributed by atoms with Crippen molar-refractivity contribution in [3.63, 3.8) is 0 Å². The van der Waals surface area contributed by atoms with Gasteiger partial charge in [-0.15, -0.1) is 0 Å². The Hall–Kier alpha value is -1.06. The topological polar surface area (TPSA) is 70.3 Å². The molecular formula is C23H29Cl2NO3Si. The molecule has 0 aliphatic heterocycles. The molecule has 0 aromatic heterocycles. The Labute approximate surface area is 189 Å². The zero-order valence-electron chi connectivity index (χ0n) is 18.0. The normalized spacial score (nSPS) is 40.5. The molecule has 0 heterocycles. The number of aliphatic hydroxyl groups is 1. The highest BCUT2D eigenvalue weighted by molar-refractivity contribution is 6.91. The van der Waals surface area contributed by atoms with Crippen LogP contribution in [0.1, 0.15) is 46.0 Å². The van der Waals surface area contributed by atoms with Crippen molar-refractivity contribution in [3.8, 4) is 6.26 Å². The highest BCUT2D eigenvalue weighted by Gasteiger charge is 2.73. The molecule has 4 nitrogen and oxygen atoms in total. The summed E-state index contributed by atoms with van der Waals surface area (Å²) in [6.07, 6.45) is 13.3. The van der Waals surface area contributed by atoms with Gasteiger partial charge >= 0.3 is 8.32 Å². The number of halogens is 2. The molecule has 0 saturated heterocycles. The standard InChI is InChI=1S/C23H29Cl2NO3Si/c1-20-10-7-16(27)13-15(20)5-6-17-18(20)8-11-21(2)19(17)9-12-22(21,28)23(24,25)30(3,4)29-14-26/h7-8,10,13,17,19,28H,5-6,9,11-12H2,1-4H3/t17?,19?,20-,21-,22+/m0/s1. The van der Waals surface area contributed by atoms with Crippen molar-refractivity contribution in [2.75, 3.05) is 0 Å². The highest BCUT2D eigenvalue weighted by Crippen LogP contribution is 2.69. The lowest BCUT2D eigenvalue weighted by Crippen LogP contribution is -2.68. The quantitative estimate of drug-likeness (QED) is 0.263. The average Bonchev–Trinajstić information content (AvgIpc) is 2.95. The number of hydrogen-bond donors (Lipinski definition) is 1. The second-order valence-electron chi connectivity index (χ2n) is 10.3. The summed E-state index contributed by atoms with van der Waals surface area (Å²) in [6, 6.07) is 0. The first-order valence-corrected chi connectivity index (χ1v) is 14.3. The minimum atomic E-state index is -2.94. The number of nitriles is 1. The predicted molar refractivity (Wildman–Crippen MR) is 120 cm³/mol. The fourth-order valence-electron chi connectivity index (χ4n) is 6.73. The third-order valence-electron chi connectivity index (χ3n) is 8.68. The van der Waals surface area contributed by atoms with Gasteiger partial charge in [0.25, 0.3) is 6.26 Å². The molecule has 162 valence electrons. The highest BCUT2D eigenvalue weighted by atomic mass is 35.5. The van der Waals surface area contributed by atoms with Crippen LogP contribution in [0.5, 0.6) is 0 Å². The van der Waals surface area contributed by atoms with Crippen molar-refractivity contribution in [2.45, 2.75) is 68.6 Å².